The lowest BCUT2D eigenvalue weighted by Gasteiger charge is -2.19. The molecule has 1 aromatic heterocycles. The number of amides is 2. The van der Waals surface area contributed by atoms with Crippen LogP contribution in [0.15, 0.2) is 30.3 Å². The summed E-state index contributed by atoms with van der Waals surface area (Å²) in [5, 5.41) is 5.53. The van der Waals surface area contributed by atoms with Crippen LogP contribution in [0.2, 0.25) is 0 Å². The molecule has 2 aromatic rings. The summed E-state index contributed by atoms with van der Waals surface area (Å²) in [6.07, 6.45) is 2.36. The van der Waals surface area contributed by atoms with Crippen molar-refractivity contribution in [3.05, 3.63) is 47.3 Å². The predicted octanol–water partition coefficient (Wildman–Crippen LogP) is 3.54. The van der Waals surface area contributed by atoms with Gasteiger partial charge in [0.05, 0.1) is 13.1 Å². The second-order valence-electron chi connectivity index (χ2n) is 7.92. The Bertz CT molecular complexity index is 942. The summed E-state index contributed by atoms with van der Waals surface area (Å²) < 4.78 is 2.26. The minimum atomic E-state index is -0.180. The van der Waals surface area contributed by atoms with Gasteiger partial charge in [-0.15, -0.1) is 0 Å². The molecule has 0 saturated heterocycles. The van der Waals surface area contributed by atoms with E-state index in [0.717, 1.165) is 17.0 Å². The van der Waals surface area contributed by atoms with Crippen LogP contribution in [0, 0.1) is 13.8 Å². The summed E-state index contributed by atoms with van der Waals surface area (Å²) in [6.45, 7) is 8.38. The molecule has 2 amide bonds. The van der Waals surface area contributed by atoms with E-state index in [9.17, 15) is 14.4 Å². The van der Waals surface area contributed by atoms with Gasteiger partial charge in [-0.3, -0.25) is 19.3 Å². The molecule has 0 atom stereocenters. The molecule has 30 heavy (non-hydrogen) atoms. The van der Waals surface area contributed by atoms with Crippen LogP contribution in [-0.4, -0.2) is 46.7 Å². The number of benzene rings is 1. The molecule has 7 heteroatoms. The Morgan fingerprint density at radius 1 is 1.03 bits per heavy atom. The van der Waals surface area contributed by atoms with E-state index >= 15 is 0 Å². The number of anilines is 2. The molecule has 0 unspecified atom stereocenters. The lowest BCUT2D eigenvalue weighted by Crippen LogP contribution is -2.37. The Labute approximate surface area is 177 Å². The van der Waals surface area contributed by atoms with E-state index in [4.69, 9.17) is 0 Å². The molecule has 0 bridgehead atoms. The largest absolute Gasteiger partial charge is 0.345 e. The van der Waals surface area contributed by atoms with Crippen molar-refractivity contribution in [2.24, 2.45) is 0 Å². The van der Waals surface area contributed by atoms with Crippen molar-refractivity contribution >= 4 is 29.0 Å². The van der Waals surface area contributed by atoms with E-state index in [0.29, 0.717) is 24.0 Å². The third-order valence-corrected chi connectivity index (χ3v) is 5.37. The average molecular weight is 411 g/mol. The molecule has 2 N–H and O–H groups in total. The van der Waals surface area contributed by atoms with Gasteiger partial charge in [-0.25, -0.2) is 0 Å². The van der Waals surface area contributed by atoms with Crippen LogP contribution in [0.25, 0.3) is 0 Å². The van der Waals surface area contributed by atoms with Gasteiger partial charge in [0.15, 0.2) is 5.78 Å². The maximum atomic E-state index is 12.9. The van der Waals surface area contributed by atoms with Gasteiger partial charge in [0, 0.05) is 41.3 Å². The van der Waals surface area contributed by atoms with E-state index in [-0.39, 0.29) is 30.7 Å². The lowest BCUT2D eigenvalue weighted by molar-refractivity contribution is -0.117. The minimum absolute atomic E-state index is 0.0457. The fourth-order valence-corrected chi connectivity index (χ4v) is 3.77. The van der Waals surface area contributed by atoms with Crippen LogP contribution in [0.5, 0.6) is 0 Å². The Morgan fingerprint density at radius 2 is 1.63 bits per heavy atom. The van der Waals surface area contributed by atoms with Gasteiger partial charge in [0.25, 0.3) is 0 Å². The van der Waals surface area contributed by atoms with Crippen molar-refractivity contribution in [1.82, 2.24) is 9.47 Å². The van der Waals surface area contributed by atoms with Crippen LogP contribution >= 0.6 is 0 Å². The van der Waals surface area contributed by atoms with Crippen molar-refractivity contribution in [3.63, 3.8) is 0 Å². The third kappa shape index (κ3) is 5.36. The zero-order valence-electron chi connectivity index (χ0n) is 18.1. The molecule has 0 aliphatic heterocycles. The van der Waals surface area contributed by atoms with Gasteiger partial charge in [-0.05, 0) is 63.6 Å². The highest BCUT2D eigenvalue weighted by atomic mass is 16.2. The minimum Gasteiger partial charge on any atom is -0.345 e. The van der Waals surface area contributed by atoms with Crippen molar-refractivity contribution < 1.29 is 14.4 Å². The van der Waals surface area contributed by atoms with Gasteiger partial charge in [0.1, 0.15) is 0 Å². The van der Waals surface area contributed by atoms with Gasteiger partial charge in [-0.1, -0.05) is 6.92 Å². The number of carbonyl (C=O) groups is 3. The van der Waals surface area contributed by atoms with Crippen LogP contribution in [0.4, 0.5) is 11.4 Å². The van der Waals surface area contributed by atoms with E-state index in [2.05, 4.69) is 15.2 Å². The quantitative estimate of drug-likeness (QED) is 0.620. The maximum absolute atomic E-state index is 12.9. The lowest BCUT2D eigenvalue weighted by atomic mass is 10.1. The first kappa shape index (κ1) is 21.8. The number of nitrogens with one attached hydrogen (secondary N) is 2. The Balaban J connectivity index is 1.57. The summed E-state index contributed by atoms with van der Waals surface area (Å²) in [4.78, 5) is 38.3. The van der Waals surface area contributed by atoms with E-state index in [1.165, 1.54) is 19.8 Å². The standard InChI is InChI=1S/C23H30N4O3/c1-5-26(13-22(29)21-12-15(2)27(16(21)3)20-10-11-20)14-23(30)25-19-8-6-18(7-9-19)24-17(4)28/h6-9,12,20H,5,10-11,13-14H2,1-4H3,(H,24,28)(H,25,30). The summed E-state index contributed by atoms with van der Waals surface area (Å²) in [5.74, 6) is -0.280. The van der Waals surface area contributed by atoms with E-state index < -0.39 is 0 Å². The van der Waals surface area contributed by atoms with Gasteiger partial charge in [-0.2, -0.15) is 0 Å². The monoisotopic (exact) mass is 410 g/mol. The van der Waals surface area contributed by atoms with Gasteiger partial charge < -0.3 is 15.2 Å². The molecular weight excluding hydrogens is 380 g/mol. The van der Waals surface area contributed by atoms with Gasteiger partial charge >= 0.3 is 0 Å². The number of carbonyl (C=O) groups excluding carboxylic acids is 3. The fourth-order valence-electron chi connectivity index (χ4n) is 3.77. The molecule has 1 heterocycles. The molecular formula is C23H30N4O3. The van der Waals surface area contributed by atoms with E-state index in [1.54, 1.807) is 24.3 Å². The molecule has 1 fully saturated rings. The van der Waals surface area contributed by atoms with Crippen LogP contribution < -0.4 is 10.6 Å². The summed E-state index contributed by atoms with van der Waals surface area (Å²) >= 11 is 0. The highest BCUT2D eigenvalue weighted by Crippen LogP contribution is 2.38. The number of rotatable bonds is 9. The second kappa shape index (κ2) is 9.26. The van der Waals surface area contributed by atoms with Crippen molar-refractivity contribution in [1.29, 1.82) is 0 Å². The molecule has 0 radical (unpaired) electrons. The smallest absolute Gasteiger partial charge is 0.238 e. The summed E-state index contributed by atoms with van der Waals surface area (Å²) in [5.41, 5.74) is 4.22. The predicted molar refractivity (Wildman–Crippen MR) is 118 cm³/mol. The highest BCUT2D eigenvalue weighted by Gasteiger charge is 2.28. The first-order valence-electron chi connectivity index (χ1n) is 10.4. The van der Waals surface area contributed by atoms with Crippen LogP contribution in [0.3, 0.4) is 0 Å². The topological polar surface area (TPSA) is 83.4 Å². The molecule has 7 nitrogen and oxygen atoms in total. The van der Waals surface area contributed by atoms with Crippen molar-refractivity contribution in [3.8, 4) is 0 Å². The number of aryl methyl sites for hydroxylation is 1. The number of ketones is 1. The number of Topliss-reactive ketones (excluding diaryl/α,β-unsaturated/α-hetero) is 1. The molecule has 160 valence electrons. The third-order valence-electron chi connectivity index (χ3n) is 5.37. The molecule has 1 saturated carbocycles. The zero-order valence-corrected chi connectivity index (χ0v) is 18.1. The SMILES string of the molecule is CCN(CC(=O)Nc1ccc(NC(C)=O)cc1)CC(=O)c1cc(C)n(C2CC2)c1C. The normalized spacial score (nSPS) is 13.4. The molecule has 3 rings (SSSR count). The maximum Gasteiger partial charge on any atom is 0.238 e. The zero-order chi connectivity index (χ0) is 21.8. The first-order valence-corrected chi connectivity index (χ1v) is 10.4. The van der Waals surface area contributed by atoms with Crippen molar-refractivity contribution in [2.75, 3.05) is 30.3 Å². The second-order valence-corrected chi connectivity index (χ2v) is 7.92. The fraction of sp³-hybridized carbons (Fsp3) is 0.435. The highest BCUT2D eigenvalue weighted by molar-refractivity contribution is 5.99. The average Bonchev–Trinajstić information content (AvgIpc) is 3.46. The number of nitrogens with zero attached hydrogens (tertiary/aromatic N) is 2. The number of hydrogen-bond donors (Lipinski definition) is 2. The molecule has 1 aliphatic rings. The summed E-state index contributed by atoms with van der Waals surface area (Å²) in [7, 11) is 0. The van der Waals surface area contributed by atoms with Crippen LogP contribution in [0.1, 0.15) is 54.5 Å². The van der Waals surface area contributed by atoms with Gasteiger partial charge in [0.2, 0.25) is 11.8 Å². The Kier molecular flexibility index (Phi) is 6.72. The number of likely N-dealkylation sites (N-methyl/N-ethyl adjacent to an activating group) is 1. The first-order chi connectivity index (χ1) is 14.3. The Morgan fingerprint density at radius 3 is 2.17 bits per heavy atom. The van der Waals surface area contributed by atoms with Crippen molar-refractivity contribution in [2.45, 2.75) is 46.6 Å². The number of aromatic nitrogens is 1. The van der Waals surface area contributed by atoms with E-state index in [1.807, 2.05) is 31.7 Å². The summed E-state index contributed by atoms with van der Waals surface area (Å²) in [6, 6.07) is 9.44. The molecule has 1 aliphatic carbocycles. The molecule has 1 aromatic carbocycles. The molecule has 0 spiro atoms. The van der Waals surface area contributed by atoms with Crippen LogP contribution in [-0.2, 0) is 9.59 Å². The Hall–Kier alpha value is -2.93. The number of hydrogen-bond acceptors (Lipinski definition) is 4.